The summed E-state index contributed by atoms with van der Waals surface area (Å²) in [7, 11) is 0. The minimum Gasteiger partial charge on any atom is -0.508 e. The Morgan fingerprint density at radius 3 is 2.56 bits per heavy atom. The number of ether oxygens (including phenoxy) is 1. The number of urea groups is 1. The van der Waals surface area contributed by atoms with Gasteiger partial charge in [-0.05, 0) is 17.7 Å². The number of amides is 2. The monoisotopic (exact) mass is 473 g/mol. The lowest BCUT2D eigenvalue weighted by molar-refractivity contribution is -0.135. The number of benzene rings is 1. The Hall–Kier alpha value is -4.01. The van der Waals surface area contributed by atoms with E-state index in [1.165, 1.54) is 17.2 Å². The van der Waals surface area contributed by atoms with Crippen LogP contribution in [-0.4, -0.2) is 83.3 Å². The second kappa shape index (κ2) is 9.86. The Balaban J connectivity index is 1.44. The standard InChI is InChI=1S/C20H23N7O7/c28-11-3-1-10(2-4-11)5-21-17-14-18(25-8-24-17)27(9-26-14)19-16(32)15(31)12(34-19)6-22-20(33)23-7-13(29)30/h1-4,8-9,12,15-16,19,28,31-32H,5-7H2,(H,29,30)(H,21,24,25)(H2,22,23,33)/t12-,15?,16?,19-/m1/s1. The minimum absolute atomic E-state index is 0.165. The largest absolute Gasteiger partial charge is 0.508 e. The molecule has 180 valence electrons. The zero-order valence-electron chi connectivity index (χ0n) is 17.7. The number of carboxylic acid groups (broad SMARTS) is 1. The maximum atomic E-state index is 11.7. The molecule has 1 saturated heterocycles. The van der Waals surface area contributed by atoms with Crippen molar-refractivity contribution in [2.45, 2.75) is 31.1 Å². The number of hydrogen-bond donors (Lipinski definition) is 7. The summed E-state index contributed by atoms with van der Waals surface area (Å²) in [6.07, 6.45) is -1.92. The quantitative estimate of drug-likeness (QED) is 0.214. The van der Waals surface area contributed by atoms with E-state index in [2.05, 4.69) is 30.9 Å². The van der Waals surface area contributed by atoms with Crippen LogP contribution >= 0.6 is 0 Å². The first-order chi connectivity index (χ1) is 16.3. The Morgan fingerprint density at radius 2 is 1.82 bits per heavy atom. The zero-order valence-corrected chi connectivity index (χ0v) is 17.7. The number of aromatic nitrogens is 4. The van der Waals surface area contributed by atoms with Gasteiger partial charge in [-0.1, -0.05) is 12.1 Å². The number of carboxylic acids is 1. The molecule has 0 aliphatic carbocycles. The number of phenols is 1. The number of anilines is 1. The number of imidazole rings is 1. The van der Waals surface area contributed by atoms with Crippen LogP contribution in [0.25, 0.3) is 11.2 Å². The summed E-state index contributed by atoms with van der Waals surface area (Å²) in [6.45, 7) is -0.311. The molecule has 3 aromatic rings. The summed E-state index contributed by atoms with van der Waals surface area (Å²) in [4.78, 5) is 34.9. The molecular formula is C20H23N7O7. The van der Waals surface area contributed by atoms with E-state index in [1.54, 1.807) is 24.3 Å². The third kappa shape index (κ3) is 4.98. The molecule has 1 aromatic carbocycles. The van der Waals surface area contributed by atoms with E-state index < -0.39 is 43.1 Å². The Bertz CT molecular complexity index is 1170. The van der Waals surface area contributed by atoms with Gasteiger partial charge in [0, 0.05) is 13.1 Å². The fourth-order valence-electron chi connectivity index (χ4n) is 3.51. The van der Waals surface area contributed by atoms with E-state index in [4.69, 9.17) is 9.84 Å². The van der Waals surface area contributed by atoms with Crippen molar-refractivity contribution in [1.82, 2.24) is 30.2 Å². The predicted octanol–water partition coefficient (Wildman–Crippen LogP) is -0.853. The molecule has 4 rings (SSSR count). The van der Waals surface area contributed by atoms with E-state index >= 15 is 0 Å². The number of hydrogen-bond acceptors (Lipinski definition) is 10. The topological polar surface area (TPSA) is 204 Å². The highest BCUT2D eigenvalue weighted by atomic mass is 16.6. The summed E-state index contributed by atoms with van der Waals surface area (Å²) < 4.78 is 7.21. The van der Waals surface area contributed by atoms with Crippen LogP contribution in [0, 0.1) is 0 Å². The molecule has 3 heterocycles. The van der Waals surface area contributed by atoms with Crippen LogP contribution in [0.4, 0.5) is 10.6 Å². The molecule has 1 fully saturated rings. The van der Waals surface area contributed by atoms with Crippen LogP contribution in [0.1, 0.15) is 11.8 Å². The number of aliphatic hydroxyl groups is 2. The first-order valence-electron chi connectivity index (χ1n) is 10.3. The van der Waals surface area contributed by atoms with Crippen LogP contribution in [-0.2, 0) is 16.1 Å². The van der Waals surface area contributed by atoms with Crippen molar-refractivity contribution in [3.63, 3.8) is 0 Å². The maximum absolute atomic E-state index is 11.7. The highest BCUT2D eigenvalue weighted by molar-refractivity contribution is 5.82. The van der Waals surface area contributed by atoms with Crippen LogP contribution in [0.15, 0.2) is 36.9 Å². The molecule has 0 saturated carbocycles. The van der Waals surface area contributed by atoms with Crippen LogP contribution in [0.5, 0.6) is 5.75 Å². The lowest BCUT2D eigenvalue weighted by Crippen LogP contribution is -2.44. The summed E-state index contributed by atoms with van der Waals surface area (Å²) >= 11 is 0. The molecule has 7 N–H and O–H groups in total. The highest BCUT2D eigenvalue weighted by Gasteiger charge is 2.44. The Morgan fingerprint density at radius 1 is 1.06 bits per heavy atom. The average Bonchev–Trinajstić information content (AvgIpc) is 3.37. The lowest BCUT2D eigenvalue weighted by atomic mass is 10.1. The molecule has 14 heteroatoms. The molecule has 2 unspecified atom stereocenters. The molecule has 2 aromatic heterocycles. The number of fused-ring (bicyclic) bond motifs is 1. The van der Waals surface area contributed by atoms with E-state index in [0.717, 1.165) is 5.56 Å². The third-order valence-corrected chi connectivity index (χ3v) is 5.23. The maximum Gasteiger partial charge on any atom is 0.323 e. The van der Waals surface area contributed by atoms with Gasteiger partial charge in [-0.3, -0.25) is 9.36 Å². The number of aliphatic hydroxyl groups excluding tert-OH is 2. The van der Waals surface area contributed by atoms with Gasteiger partial charge in [0.1, 0.15) is 36.9 Å². The normalized spacial score (nSPS) is 21.9. The van der Waals surface area contributed by atoms with E-state index in [0.29, 0.717) is 23.5 Å². The van der Waals surface area contributed by atoms with Crippen molar-refractivity contribution in [2.75, 3.05) is 18.4 Å². The second-order valence-corrected chi connectivity index (χ2v) is 7.57. The van der Waals surface area contributed by atoms with Gasteiger partial charge in [0.25, 0.3) is 0 Å². The molecule has 4 atom stereocenters. The van der Waals surface area contributed by atoms with Gasteiger partial charge >= 0.3 is 12.0 Å². The fraction of sp³-hybridized carbons (Fsp3) is 0.350. The number of carbonyl (C=O) groups excluding carboxylic acids is 1. The number of phenolic OH excluding ortho intramolecular Hbond substituents is 1. The first kappa shape index (κ1) is 23.2. The summed E-state index contributed by atoms with van der Waals surface area (Å²) in [5.41, 5.74) is 1.68. The molecule has 2 amide bonds. The summed E-state index contributed by atoms with van der Waals surface area (Å²) in [5.74, 6) is -0.592. The van der Waals surface area contributed by atoms with Crippen molar-refractivity contribution in [3.05, 3.63) is 42.5 Å². The molecule has 1 aliphatic rings. The van der Waals surface area contributed by atoms with E-state index in [1.807, 2.05) is 0 Å². The number of aliphatic carboxylic acids is 1. The van der Waals surface area contributed by atoms with Gasteiger partial charge in [-0.15, -0.1) is 0 Å². The zero-order chi connectivity index (χ0) is 24.2. The van der Waals surface area contributed by atoms with E-state index in [9.17, 15) is 24.9 Å². The molecule has 1 aliphatic heterocycles. The molecule has 14 nitrogen and oxygen atoms in total. The van der Waals surface area contributed by atoms with Gasteiger partial charge in [0.2, 0.25) is 0 Å². The van der Waals surface area contributed by atoms with Crippen LogP contribution < -0.4 is 16.0 Å². The van der Waals surface area contributed by atoms with Gasteiger partial charge in [0.15, 0.2) is 23.2 Å². The van der Waals surface area contributed by atoms with Crippen LogP contribution in [0.3, 0.4) is 0 Å². The third-order valence-electron chi connectivity index (χ3n) is 5.23. The first-order valence-corrected chi connectivity index (χ1v) is 10.3. The van der Waals surface area contributed by atoms with Crippen LogP contribution in [0.2, 0.25) is 0 Å². The molecule has 0 spiro atoms. The predicted molar refractivity (Wildman–Crippen MR) is 116 cm³/mol. The van der Waals surface area contributed by atoms with Crippen molar-refractivity contribution in [3.8, 4) is 5.75 Å². The lowest BCUT2D eigenvalue weighted by Gasteiger charge is -2.16. The Labute approximate surface area is 192 Å². The van der Waals surface area contributed by atoms with Crippen molar-refractivity contribution in [2.24, 2.45) is 0 Å². The summed E-state index contributed by atoms with van der Waals surface area (Å²) in [6, 6.07) is 5.93. The summed E-state index contributed by atoms with van der Waals surface area (Å²) in [5, 5.41) is 46.6. The molecule has 34 heavy (non-hydrogen) atoms. The van der Waals surface area contributed by atoms with Gasteiger partial charge < -0.3 is 41.1 Å². The number of carbonyl (C=O) groups is 2. The van der Waals surface area contributed by atoms with Crippen molar-refractivity contribution in [1.29, 1.82) is 0 Å². The minimum atomic E-state index is -1.34. The number of rotatable bonds is 8. The second-order valence-electron chi connectivity index (χ2n) is 7.57. The number of nitrogens with one attached hydrogen (secondary N) is 3. The number of aromatic hydroxyl groups is 1. The fourth-order valence-corrected chi connectivity index (χ4v) is 3.51. The SMILES string of the molecule is O=C(O)CNC(=O)NC[C@H]1O[C@@H](n2cnc3c(NCc4ccc(O)cc4)ncnc32)C(O)C1O. The van der Waals surface area contributed by atoms with Gasteiger partial charge in [-0.2, -0.15) is 0 Å². The van der Waals surface area contributed by atoms with Gasteiger partial charge in [0.05, 0.1) is 6.33 Å². The molecule has 0 bridgehead atoms. The van der Waals surface area contributed by atoms with Crippen molar-refractivity contribution >= 4 is 29.0 Å². The average molecular weight is 473 g/mol. The Kier molecular flexibility index (Phi) is 6.72. The number of nitrogens with zero attached hydrogens (tertiary/aromatic N) is 4. The molecule has 0 radical (unpaired) electrons. The van der Waals surface area contributed by atoms with E-state index in [-0.39, 0.29) is 12.3 Å². The van der Waals surface area contributed by atoms with Crippen molar-refractivity contribution < 1.29 is 34.8 Å². The highest BCUT2D eigenvalue weighted by Crippen LogP contribution is 2.32. The van der Waals surface area contributed by atoms with Gasteiger partial charge in [-0.25, -0.2) is 19.7 Å². The molecular weight excluding hydrogens is 450 g/mol. The smallest absolute Gasteiger partial charge is 0.323 e.